The molecule has 1 aliphatic rings. The molecule has 0 aliphatic carbocycles. The Bertz CT molecular complexity index is 682. The molecule has 1 aliphatic heterocycles. The largest absolute Gasteiger partial charge is 0.256 e. The van der Waals surface area contributed by atoms with Gasteiger partial charge in [0.15, 0.2) is 0 Å². The number of benzene rings is 2. The fourth-order valence-electron chi connectivity index (χ4n) is 2.54. The SMILES string of the molecule is CC1C=NN(c2ccc(Cl)cc2Cl)C1c1ccc(Cl)cc1. The van der Waals surface area contributed by atoms with Crippen LogP contribution in [0.4, 0.5) is 5.69 Å². The number of hydrogen-bond acceptors (Lipinski definition) is 2. The highest BCUT2D eigenvalue weighted by molar-refractivity contribution is 6.36. The van der Waals surface area contributed by atoms with Crippen molar-refractivity contribution in [3.05, 3.63) is 63.1 Å². The van der Waals surface area contributed by atoms with Gasteiger partial charge in [0.1, 0.15) is 0 Å². The molecule has 0 saturated heterocycles. The molecule has 108 valence electrons. The zero-order valence-corrected chi connectivity index (χ0v) is 13.6. The van der Waals surface area contributed by atoms with Gasteiger partial charge in [0.2, 0.25) is 0 Å². The number of hydrazone groups is 1. The van der Waals surface area contributed by atoms with Crippen molar-refractivity contribution in [1.82, 2.24) is 0 Å². The van der Waals surface area contributed by atoms with E-state index in [0.717, 1.165) is 16.3 Å². The fourth-order valence-corrected chi connectivity index (χ4v) is 3.16. The molecule has 21 heavy (non-hydrogen) atoms. The van der Waals surface area contributed by atoms with Crippen LogP contribution < -0.4 is 5.01 Å². The maximum atomic E-state index is 6.31. The first-order chi connectivity index (χ1) is 10.1. The van der Waals surface area contributed by atoms with Gasteiger partial charge >= 0.3 is 0 Å². The molecule has 3 rings (SSSR count). The summed E-state index contributed by atoms with van der Waals surface area (Å²) in [5.41, 5.74) is 2.00. The van der Waals surface area contributed by atoms with Gasteiger partial charge in [-0.2, -0.15) is 5.10 Å². The normalized spacial score (nSPS) is 21.0. The zero-order chi connectivity index (χ0) is 15.0. The summed E-state index contributed by atoms with van der Waals surface area (Å²) in [6.45, 7) is 2.13. The van der Waals surface area contributed by atoms with Gasteiger partial charge in [0, 0.05) is 22.2 Å². The van der Waals surface area contributed by atoms with Crippen molar-refractivity contribution in [3.8, 4) is 0 Å². The zero-order valence-electron chi connectivity index (χ0n) is 11.3. The van der Waals surface area contributed by atoms with Gasteiger partial charge in [-0.3, -0.25) is 5.01 Å². The summed E-state index contributed by atoms with van der Waals surface area (Å²) < 4.78 is 0. The Balaban J connectivity index is 2.00. The number of halogens is 3. The molecule has 2 unspecified atom stereocenters. The van der Waals surface area contributed by atoms with Crippen LogP contribution in [0.15, 0.2) is 47.6 Å². The molecule has 0 N–H and O–H groups in total. The van der Waals surface area contributed by atoms with Gasteiger partial charge in [0.05, 0.1) is 16.8 Å². The van der Waals surface area contributed by atoms with Crippen molar-refractivity contribution in [2.75, 3.05) is 5.01 Å². The predicted octanol–water partition coefficient (Wildman–Crippen LogP) is 5.83. The second-order valence-corrected chi connectivity index (χ2v) is 6.34. The molecular formula is C16H13Cl3N2. The lowest BCUT2D eigenvalue weighted by Gasteiger charge is -2.27. The molecule has 0 spiro atoms. The number of rotatable bonds is 2. The molecule has 0 aromatic heterocycles. The van der Waals surface area contributed by atoms with Crippen molar-refractivity contribution in [2.45, 2.75) is 13.0 Å². The highest BCUT2D eigenvalue weighted by Crippen LogP contribution is 2.40. The first-order valence-corrected chi connectivity index (χ1v) is 7.73. The van der Waals surface area contributed by atoms with Gasteiger partial charge in [-0.1, -0.05) is 53.9 Å². The molecule has 0 saturated carbocycles. The van der Waals surface area contributed by atoms with E-state index >= 15 is 0 Å². The fraction of sp³-hybridized carbons (Fsp3) is 0.188. The minimum absolute atomic E-state index is 0.0981. The number of hydrogen-bond donors (Lipinski definition) is 0. The summed E-state index contributed by atoms with van der Waals surface area (Å²) in [5, 5.41) is 8.37. The van der Waals surface area contributed by atoms with Gasteiger partial charge in [-0.05, 0) is 35.9 Å². The van der Waals surface area contributed by atoms with Gasteiger partial charge in [-0.15, -0.1) is 0 Å². The minimum atomic E-state index is 0.0981. The minimum Gasteiger partial charge on any atom is -0.256 e. The molecule has 0 radical (unpaired) electrons. The quantitative estimate of drug-likeness (QED) is 0.672. The molecule has 0 fully saturated rings. The Morgan fingerprint density at radius 2 is 1.62 bits per heavy atom. The first kappa shape index (κ1) is 14.7. The average Bonchev–Trinajstić information content (AvgIpc) is 2.82. The van der Waals surface area contributed by atoms with E-state index in [1.807, 2.05) is 47.6 Å². The maximum absolute atomic E-state index is 6.31. The van der Waals surface area contributed by atoms with E-state index in [1.54, 1.807) is 6.07 Å². The third kappa shape index (κ3) is 2.89. The summed E-state index contributed by atoms with van der Waals surface area (Å²) in [5.74, 6) is 0.276. The Morgan fingerprint density at radius 1 is 0.952 bits per heavy atom. The smallest absolute Gasteiger partial charge is 0.0851 e. The Labute approximate surface area is 138 Å². The molecule has 1 heterocycles. The Kier molecular flexibility index (Phi) is 4.12. The number of nitrogens with zero attached hydrogens (tertiary/aromatic N) is 2. The van der Waals surface area contributed by atoms with Crippen LogP contribution in [0.1, 0.15) is 18.5 Å². The van der Waals surface area contributed by atoms with Crippen LogP contribution in [-0.4, -0.2) is 6.21 Å². The summed E-state index contributed by atoms with van der Waals surface area (Å²) in [6, 6.07) is 13.4. The van der Waals surface area contributed by atoms with Crippen LogP contribution in [0.3, 0.4) is 0 Å². The van der Waals surface area contributed by atoms with E-state index in [-0.39, 0.29) is 12.0 Å². The van der Waals surface area contributed by atoms with Crippen LogP contribution in [0.5, 0.6) is 0 Å². The summed E-state index contributed by atoms with van der Waals surface area (Å²) >= 11 is 18.3. The standard InChI is InChI=1S/C16H13Cl3N2/c1-10-9-20-21(15-7-6-13(18)8-14(15)19)16(10)11-2-4-12(17)5-3-11/h2-10,16H,1H3. The third-order valence-corrected chi connectivity index (χ3v) is 4.35. The van der Waals surface area contributed by atoms with Crippen molar-refractivity contribution in [3.63, 3.8) is 0 Å². The third-order valence-electron chi connectivity index (χ3n) is 3.56. The van der Waals surface area contributed by atoms with Crippen LogP contribution in [0.25, 0.3) is 0 Å². The first-order valence-electron chi connectivity index (χ1n) is 6.60. The number of anilines is 1. The molecule has 2 aromatic carbocycles. The van der Waals surface area contributed by atoms with Crippen LogP contribution in [0.2, 0.25) is 15.1 Å². The van der Waals surface area contributed by atoms with E-state index < -0.39 is 0 Å². The summed E-state index contributed by atoms with van der Waals surface area (Å²) in [6.07, 6.45) is 1.93. The van der Waals surface area contributed by atoms with E-state index in [1.165, 1.54) is 0 Å². The van der Waals surface area contributed by atoms with Gasteiger partial charge in [-0.25, -0.2) is 0 Å². The van der Waals surface area contributed by atoms with Gasteiger partial charge < -0.3 is 0 Å². The molecule has 5 heteroatoms. The average molecular weight is 340 g/mol. The topological polar surface area (TPSA) is 15.6 Å². The maximum Gasteiger partial charge on any atom is 0.0851 e. The van der Waals surface area contributed by atoms with Gasteiger partial charge in [0.25, 0.3) is 0 Å². The lowest BCUT2D eigenvalue weighted by Crippen LogP contribution is -2.23. The Hall–Kier alpha value is -1.22. The van der Waals surface area contributed by atoms with Crippen molar-refractivity contribution in [1.29, 1.82) is 0 Å². The van der Waals surface area contributed by atoms with Crippen molar-refractivity contribution < 1.29 is 0 Å². The molecule has 0 bridgehead atoms. The Morgan fingerprint density at radius 3 is 2.29 bits per heavy atom. The molecule has 2 atom stereocenters. The van der Waals surface area contributed by atoms with E-state index in [2.05, 4.69) is 12.0 Å². The lowest BCUT2D eigenvalue weighted by molar-refractivity contribution is 0.592. The van der Waals surface area contributed by atoms with E-state index in [0.29, 0.717) is 10.0 Å². The monoisotopic (exact) mass is 338 g/mol. The predicted molar refractivity (Wildman–Crippen MR) is 90.8 cm³/mol. The second-order valence-electron chi connectivity index (χ2n) is 5.06. The lowest BCUT2D eigenvalue weighted by atomic mass is 9.96. The summed E-state index contributed by atoms with van der Waals surface area (Å²) in [7, 11) is 0. The van der Waals surface area contributed by atoms with Crippen molar-refractivity contribution in [2.24, 2.45) is 11.0 Å². The van der Waals surface area contributed by atoms with E-state index in [4.69, 9.17) is 34.8 Å². The van der Waals surface area contributed by atoms with Crippen molar-refractivity contribution >= 4 is 46.7 Å². The van der Waals surface area contributed by atoms with Crippen LogP contribution in [0, 0.1) is 5.92 Å². The highest BCUT2D eigenvalue weighted by Gasteiger charge is 2.31. The summed E-state index contributed by atoms with van der Waals surface area (Å²) in [4.78, 5) is 0. The molecule has 0 amide bonds. The van der Waals surface area contributed by atoms with E-state index in [9.17, 15) is 0 Å². The molecule has 2 nitrogen and oxygen atoms in total. The molecular weight excluding hydrogens is 327 g/mol. The highest BCUT2D eigenvalue weighted by atomic mass is 35.5. The molecule has 2 aromatic rings. The van der Waals surface area contributed by atoms with Crippen LogP contribution >= 0.6 is 34.8 Å². The van der Waals surface area contributed by atoms with Crippen LogP contribution in [-0.2, 0) is 0 Å². The second kappa shape index (κ2) is 5.88.